The van der Waals surface area contributed by atoms with Crippen molar-refractivity contribution in [1.29, 1.82) is 0 Å². The number of hydrogen-bond donors (Lipinski definition) is 0. The number of ether oxygens (including phenoxy) is 1. The molecule has 0 aliphatic carbocycles. The summed E-state index contributed by atoms with van der Waals surface area (Å²) in [6, 6.07) is 12.7. The molecule has 0 aliphatic rings. The molecule has 0 unspecified atom stereocenters. The van der Waals surface area contributed by atoms with Crippen LogP contribution in [0.3, 0.4) is 0 Å². The van der Waals surface area contributed by atoms with Crippen molar-refractivity contribution in [2.45, 2.75) is 26.2 Å². The van der Waals surface area contributed by atoms with Crippen molar-refractivity contribution in [3.8, 4) is 28.3 Å². The molecular weight excluding hydrogens is 418 g/mol. The van der Waals surface area contributed by atoms with Crippen molar-refractivity contribution in [3.63, 3.8) is 0 Å². The van der Waals surface area contributed by atoms with Crippen molar-refractivity contribution < 1.29 is 22.9 Å². The van der Waals surface area contributed by atoms with Crippen LogP contribution in [0.5, 0.6) is 5.75 Å². The summed E-state index contributed by atoms with van der Waals surface area (Å²) in [6.07, 6.45) is 3.01. The van der Waals surface area contributed by atoms with E-state index >= 15 is 0 Å². The van der Waals surface area contributed by atoms with Crippen LogP contribution in [0.4, 0.5) is 14.5 Å². The Morgan fingerprint density at radius 1 is 1.00 bits per heavy atom. The van der Waals surface area contributed by atoms with E-state index < -0.39 is 16.6 Å². The highest BCUT2D eigenvalue weighted by molar-refractivity contribution is 5.79. The van der Waals surface area contributed by atoms with E-state index in [2.05, 4.69) is 11.9 Å². The molecule has 0 saturated heterocycles. The van der Waals surface area contributed by atoms with Crippen molar-refractivity contribution in [1.82, 2.24) is 4.98 Å². The zero-order valence-electron chi connectivity index (χ0n) is 17.3. The molecule has 0 bridgehead atoms. The van der Waals surface area contributed by atoms with Crippen LogP contribution in [0, 0.1) is 21.7 Å². The van der Waals surface area contributed by atoms with E-state index in [0.29, 0.717) is 23.5 Å². The molecular formula is C24H20F2N2O4. The fraction of sp³-hybridized carbons (Fsp3) is 0.208. The number of rotatable bonds is 8. The Morgan fingerprint density at radius 3 is 2.50 bits per heavy atom. The number of oxazole rings is 1. The smallest absolute Gasteiger partial charge is 0.271 e. The second-order valence-electron chi connectivity index (χ2n) is 7.32. The second-order valence-corrected chi connectivity index (χ2v) is 7.32. The number of benzene rings is 3. The number of hydrogen-bond acceptors (Lipinski definition) is 5. The maximum atomic E-state index is 14.9. The summed E-state index contributed by atoms with van der Waals surface area (Å²) in [6.45, 7) is 2.61. The minimum Gasteiger partial charge on any atom is -0.493 e. The predicted octanol–water partition coefficient (Wildman–Crippen LogP) is 6.92. The average Bonchev–Trinajstić information content (AvgIpc) is 3.19. The fourth-order valence-corrected chi connectivity index (χ4v) is 3.36. The van der Waals surface area contributed by atoms with Gasteiger partial charge in [0.15, 0.2) is 5.58 Å². The lowest BCUT2D eigenvalue weighted by molar-refractivity contribution is -0.384. The van der Waals surface area contributed by atoms with Crippen LogP contribution in [0.15, 0.2) is 59.0 Å². The van der Waals surface area contributed by atoms with Crippen LogP contribution >= 0.6 is 0 Å². The Hall–Kier alpha value is -3.81. The average molecular weight is 438 g/mol. The second kappa shape index (κ2) is 9.13. The molecule has 0 radical (unpaired) electrons. The zero-order chi connectivity index (χ0) is 22.7. The monoisotopic (exact) mass is 438 g/mol. The number of unbranched alkanes of at least 4 members (excludes halogenated alkanes) is 2. The van der Waals surface area contributed by atoms with Gasteiger partial charge < -0.3 is 9.15 Å². The maximum absolute atomic E-state index is 14.9. The molecule has 0 saturated carbocycles. The van der Waals surface area contributed by atoms with Gasteiger partial charge in [-0.25, -0.2) is 13.8 Å². The summed E-state index contributed by atoms with van der Waals surface area (Å²) in [5, 5.41) is 10.9. The Kier molecular flexibility index (Phi) is 6.11. The van der Waals surface area contributed by atoms with Gasteiger partial charge in [-0.3, -0.25) is 10.1 Å². The quantitative estimate of drug-likeness (QED) is 0.170. The van der Waals surface area contributed by atoms with Crippen molar-refractivity contribution in [3.05, 3.63) is 76.3 Å². The first-order valence-electron chi connectivity index (χ1n) is 10.2. The van der Waals surface area contributed by atoms with E-state index in [9.17, 15) is 18.9 Å². The highest BCUT2D eigenvalue weighted by Crippen LogP contribution is 2.32. The molecule has 0 fully saturated rings. The van der Waals surface area contributed by atoms with Crippen LogP contribution < -0.4 is 4.74 Å². The van der Waals surface area contributed by atoms with Crippen LogP contribution in [0.1, 0.15) is 26.2 Å². The Morgan fingerprint density at radius 2 is 1.78 bits per heavy atom. The molecule has 8 heteroatoms. The zero-order valence-corrected chi connectivity index (χ0v) is 17.3. The van der Waals surface area contributed by atoms with Crippen LogP contribution in [0.2, 0.25) is 0 Å². The minimum atomic E-state index is -0.650. The Balaban J connectivity index is 1.58. The minimum absolute atomic E-state index is 0.0131. The Labute approximate surface area is 182 Å². The maximum Gasteiger partial charge on any atom is 0.271 e. The number of non-ortho nitro benzene ring substituents is 1. The lowest BCUT2D eigenvalue weighted by Crippen LogP contribution is -1.98. The molecule has 0 N–H and O–H groups in total. The summed E-state index contributed by atoms with van der Waals surface area (Å²) in [7, 11) is 0. The van der Waals surface area contributed by atoms with Gasteiger partial charge in [-0.15, -0.1) is 0 Å². The van der Waals surface area contributed by atoms with E-state index in [1.807, 2.05) is 0 Å². The van der Waals surface area contributed by atoms with Crippen molar-refractivity contribution in [2.75, 3.05) is 6.61 Å². The van der Waals surface area contributed by atoms with E-state index in [4.69, 9.17) is 9.15 Å². The number of nitrogens with zero attached hydrogens (tertiary/aromatic N) is 2. The van der Waals surface area contributed by atoms with E-state index in [-0.39, 0.29) is 28.2 Å². The standard InChI is InChI=1S/C24H20F2N2O4/c1-2-3-4-11-31-17-7-9-18(21(26)14-17)15-5-8-19(20(25)12-15)24-27-22-13-16(28(29)30)6-10-23(22)32-24/h5-10,12-14H,2-4,11H2,1H3. The molecule has 6 nitrogen and oxygen atoms in total. The van der Waals surface area contributed by atoms with Crippen LogP contribution in [-0.2, 0) is 0 Å². The first kappa shape index (κ1) is 21.4. The molecule has 0 spiro atoms. The number of nitro groups is 1. The number of fused-ring (bicyclic) bond motifs is 1. The summed E-state index contributed by atoms with van der Waals surface area (Å²) in [5.41, 5.74) is 1.08. The molecule has 0 atom stereocenters. The first-order chi connectivity index (χ1) is 15.5. The topological polar surface area (TPSA) is 78.4 Å². The van der Waals surface area contributed by atoms with Gasteiger partial charge in [-0.05, 0) is 42.3 Å². The van der Waals surface area contributed by atoms with E-state index in [1.54, 1.807) is 18.2 Å². The van der Waals surface area contributed by atoms with E-state index in [1.165, 1.54) is 36.4 Å². The Bertz CT molecular complexity index is 1290. The van der Waals surface area contributed by atoms with Gasteiger partial charge in [0, 0.05) is 23.8 Å². The normalized spacial score (nSPS) is 11.1. The van der Waals surface area contributed by atoms with Gasteiger partial charge in [0.25, 0.3) is 5.69 Å². The molecule has 3 aromatic carbocycles. The summed E-state index contributed by atoms with van der Waals surface area (Å²) < 4.78 is 40.6. The van der Waals surface area contributed by atoms with Crippen LogP contribution in [0.25, 0.3) is 33.7 Å². The largest absolute Gasteiger partial charge is 0.493 e. The molecule has 1 aromatic heterocycles. The number of aromatic nitrogens is 1. The molecule has 164 valence electrons. The number of nitro benzene ring substituents is 1. The van der Waals surface area contributed by atoms with Gasteiger partial charge in [0.05, 0.1) is 17.1 Å². The van der Waals surface area contributed by atoms with Crippen LogP contribution in [-0.4, -0.2) is 16.5 Å². The van der Waals surface area contributed by atoms with Gasteiger partial charge >= 0.3 is 0 Å². The third kappa shape index (κ3) is 4.44. The SMILES string of the molecule is CCCCCOc1ccc(-c2ccc(-c3nc4cc([N+](=O)[O-])ccc4o3)c(F)c2)c(F)c1. The summed E-state index contributed by atoms with van der Waals surface area (Å²) >= 11 is 0. The summed E-state index contributed by atoms with van der Waals surface area (Å²) in [5.74, 6) is -0.747. The predicted molar refractivity (Wildman–Crippen MR) is 116 cm³/mol. The van der Waals surface area contributed by atoms with Crippen molar-refractivity contribution >= 4 is 16.8 Å². The molecule has 0 amide bonds. The lowest BCUT2D eigenvalue weighted by atomic mass is 10.0. The third-order valence-electron chi connectivity index (χ3n) is 5.05. The van der Waals surface area contributed by atoms with Gasteiger partial charge in [-0.2, -0.15) is 0 Å². The number of halogens is 2. The first-order valence-corrected chi connectivity index (χ1v) is 10.2. The molecule has 32 heavy (non-hydrogen) atoms. The molecule has 0 aliphatic heterocycles. The fourth-order valence-electron chi connectivity index (χ4n) is 3.36. The van der Waals surface area contributed by atoms with Crippen molar-refractivity contribution in [2.24, 2.45) is 0 Å². The van der Waals surface area contributed by atoms with E-state index in [0.717, 1.165) is 19.3 Å². The van der Waals surface area contributed by atoms with Gasteiger partial charge in [0.1, 0.15) is 22.9 Å². The third-order valence-corrected chi connectivity index (χ3v) is 5.05. The summed E-state index contributed by atoms with van der Waals surface area (Å²) in [4.78, 5) is 14.5. The molecule has 4 aromatic rings. The lowest BCUT2D eigenvalue weighted by Gasteiger charge is -2.09. The highest BCUT2D eigenvalue weighted by Gasteiger charge is 2.17. The highest BCUT2D eigenvalue weighted by atomic mass is 19.1. The molecule has 1 heterocycles. The van der Waals surface area contributed by atoms with Gasteiger partial charge in [0.2, 0.25) is 5.89 Å². The van der Waals surface area contributed by atoms with Gasteiger partial charge in [-0.1, -0.05) is 25.8 Å². The molecule has 4 rings (SSSR count).